The predicted octanol–water partition coefficient (Wildman–Crippen LogP) is 2.30. The number of halogens is 1. The van der Waals surface area contributed by atoms with Gasteiger partial charge < -0.3 is 5.21 Å². The van der Waals surface area contributed by atoms with Gasteiger partial charge in [0, 0.05) is 6.04 Å². The van der Waals surface area contributed by atoms with E-state index in [1.165, 1.54) is 25.7 Å². The van der Waals surface area contributed by atoms with Gasteiger partial charge in [-0.05, 0) is 12.8 Å². The minimum absolute atomic E-state index is 0.108. The van der Waals surface area contributed by atoms with Crippen LogP contribution < -0.4 is 5.48 Å². The quantitative estimate of drug-likeness (QED) is 0.476. The second-order valence-electron chi connectivity index (χ2n) is 3.24. The van der Waals surface area contributed by atoms with Gasteiger partial charge in [0.05, 0.1) is 5.38 Å². The molecule has 2 atom stereocenters. The maximum absolute atomic E-state index is 8.74. The van der Waals surface area contributed by atoms with E-state index in [2.05, 4.69) is 5.48 Å². The van der Waals surface area contributed by atoms with Gasteiger partial charge >= 0.3 is 0 Å². The lowest BCUT2D eigenvalue weighted by molar-refractivity contribution is 0.114. The minimum atomic E-state index is 0.108. The fraction of sp³-hybridized carbons (Fsp3) is 1.00. The molecule has 1 aliphatic carbocycles. The van der Waals surface area contributed by atoms with Gasteiger partial charge in [-0.2, -0.15) is 0 Å². The van der Waals surface area contributed by atoms with Gasteiger partial charge in [0.2, 0.25) is 0 Å². The highest BCUT2D eigenvalue weighted by Gasteiger charge is 2.19. The van der Waals surface area contributed by atoms with Crippen LogP contribution in [0.5, 0.6) is 0 Å². The summed E-state index contributed by atoms with van der Waals surface area (Å²) in [7, 11) is 0. The first-order valence-corrected chi connectivity index (χ1v) is 4.82. The van der Waals surface area contributed by atoms with Gasteiger partial charge in [-0.3, -0.25) is 0 Å². The van der Waals surface area contributed by atoms with Crippen LogP contribution in [-0.2, 0) is 0 Å². The Morgan fingerprint density at radius 1 is 1.09 bits per heavy atom. The number of rotatable bonds is 1. The SMILES string of the molecule is ONC1CCCCCCC1Cl. The smallest absolute Gasteiger partial charge is 0.0512 e. The zero-order valence-corrected chi connectivity index (χ0v) is 7.48. The molecule has 1 aliphatic rings. The van der Waals surface area contributed by atoms with Crippen LogP contribution in [0.1, 0.15) is 38.5 Å². The van der Waals surface area contributed by atoms with Crippen LogP contribution in [0.2, 0.25) is 0 Å². The third-order valence-corrected chi connectivity index (χ3v) is 2.87. The molecule has 0 spiro atoms. The summed E-state index contributed by atoms with van der Waals surface area (Å²) < 4.78 is 0. The standard InChI is InChI=1S/C8H16ClNO/c9-7-5-3-1-2-4-6-8(7)10-11/h7-8,10-11H,1-6H2. The number of hydrogen-bond donors (Lipinski definition) is 2. The lowest BCUT2D eigenvalue weighted by Crippen LogP contribution is -2.35. The second-order valence-corrected chi connectivity index (χ2v) is 3.80. The molecule has 0 bridgehead atoms. The summed E-state index contributed by atoms with van der Waals surface area (Å²) in [5.41, 5.74) is 2.29. The maximum Gasteiger partial charge on any atom is 0.0512 e. The summed E-state index contributed by atoms with van der Waals surface area (Å²) in [6.07, 6.45) is 6.99. The molecule has 1 fully saturated rings. The van der Waals surface area contributed by atoms with Crippen molar-refractivity contribution < 1.29 is 5.21 Å². The summed E-state index contributed by atoms with van der Waals surface area (Å²) in [4.78, 5) is 0. The topological polar surface area (TPSA) is 32.3 Å². The molecular formula is C8H16ClNO. The van der Waals surface area contributed by atoms with Crippen LogP contribution in [-0.4, -0.2) is 16.6 Å². The van der Waals surface area contributed by atoms with Crippen molar-refractivity contribution in [2.24, 2.45) is 0 Å². The first-order valence-electron chi connectivity index (χ1n) is 4.38. The Morgan fingerprint density at radius 3 is 2.36 bits per heavy atom. The van der Waals surface area contributed by atoms with Crippen LogP contribution >= 0.6 is 11.6 Å². The van der Waals surface area contributed by atoms with E-state index < -0.39 is 0 Å². The van der Waals surface area contributed by atoms with Crippen LogP contribution in [0.15, 0.2) is 0 Å². The summed E-state index contributed by atoms with van der Waals surface area (Å²) >= 11 is 6.04. The van der Waals surface area contributed by atoms with Crippen LogP contribution in [0.3, 0.4) is 0 Å². The molecule has 2 N–H and O–H groups in total. The number of alkyl halides is 1. The maximum atomic E-state index is 8.74. The molecule has 1 saturated carbocycles. The molecule has 0 aromatic carbocycles. The third kappa shape index (κ3) is 2.97. The molecule has 0 aliphatic heterocycles. The highest BCUT2D eigenvalue weighted by Crippen LogP contribution is 2.21. The first-order chi connectivity index (χ1) is 5.34. The lowest BCUT2D eigenvalue weighted by atomic mass is 9.97. The van der Waals surface area contributed by atoms with Crippen molar-refractivity contribution in [3.05, 3.63) is 0 Å². The second kappa shape index (κ2) is 4.96. The molecule has 11 heavy (non-hydrogen) atoms. The Morgan fingerprint density at radius 2 is 1.73 bits per heavy atom. The van der Waals surface area contributed by atoms with Gasteiger partial charge in [0.15, 0.2) is 0 Å². The number of hydrogen-bond acceptors (Lipinski definition) is 2. The fourth-order valence-corrected chi connectivity index (χ4v) is 1.92. The highest BCUT2D eigenvalue weighted by atomic mass is 35.5. The summed E-state index contributed by atoms with van der Waals surface area (Å²) in [5, 5.41) is 8.86. The van der Waals surface area contributed by atoms with E-state index in [1.54, 1.807) is 0 Å². The van der Waals surface area contributed by atoms with E-state index >= 15 is 0 Å². The summed E-state index contributed by atoms with van der Waals surface area (Å²) in [5.74, 6) is 0. The summed E-state index contributed by atoms with van der Waals surface area (Å²) in [6.45, 7) is 0. The fourth-order valence-electron chi connectivity index (χ4n) is 1.58. The average molecular weight is 178 g/mol. The Bertz CT molecular complexity index is 110. The predicted molar refractivity (Wildman–Crippen MR) is 46.1 cm³/mol. The molecule has 0 saturated heterocycles. The van der Waals surface area contributed by atoms with E-state index in [0.29, 0.717) is 0 Å². The molecule has 0 radical (unpaired) electrons. The van der Waals surface area contributed by atoms with E-state index in [0.717, 1.165) is 12.8 Å². The van der Waals surface area contributed by atoms with Crippen molar-refractivity contribution in [3.8, 4) is 0 Å². The molecule has 2 unspecified atom stereocenters. The zero-order valence-electron chi connectivity index (χ0n) is 6.72. The van der Waals surface area contributed by atoms with Crippen molar-refractivity contribution in [2.45, 2.75) is 49.9 Å². The number of hydroxylamine groups is 1. The molecule has 1 rings (SSSR count). The van der Waals surface area contributed by atoms with E-state index in [1.807, 2.05) is 0 Å². The van der Waals surface area contributed by atoms with E-state index in [9.17, 15) is 0 Å². The van der Waals surface area contributed by atoms with Crippen molar-refractivity contribution in [2.75, 3.05) is 0 Å². The molecule has 2 nitrogen and oxygen atoms in total. The van der Waals surface area contributed by atoms with Crippen molar-refractivity contribution in [1.82, 2.24) is 5.48 Å². The van der Waals surface area contributed by atoms with Gasteiger partial charge in [-0.25, -0.2) is 5.48 Å². The summed E-state index contributed by atoms with van der Waals surface area (Å²) in [6, 6.07) is 0.108. The van der Waals surface area contributed by atoms with Gasteiger partial charge in [-0.15, -0.1) is 11.6 Å². The average Bonchev–Trinajstić information content (AvgIpc) is 1.98. The Balaban J connectivity index is 2.33. The third-order valence-electron chi connectivity index (χ3n) is 2.35. The van der Waals surface area contributed by atoms with Gasteiger partial charge in [0.25, 0.3) is 0 Å². The first kappa shape index (κ1) is 9.30. The molecule has 0 aromatic rings. The van der Waals surface area contributed by atoms with Crippen molar-refractivity contribution in [3.63, 3.8) is 0 Å². The zero-order chi connectivity index (χ0) is 8.10. The van der Waals surface area contributed by atoms with E-state index in [4.69, 9.17) is 16.8 Å². The van der Waals surface area contributed by atoms with Gasteiger partial charge in [-0.1, -0.05) is 25.7 Å². The van der Waals surface area contributed by atoms with Crippen molar-refractivity contribution in [1.29, 1.82) is 0 Å². The van der Waals surface area contributed by atoms with Crippen molar-refractivity contribution >= 4 is 11.6 Å². The number of nitrogens with one attached hydrogen (secondary N) is 1. The normalized spacial score (nSPS) is 34.4. The minimum Gasteiger partial charge on any atom is -0.316 e. The lowest BCUT2D eigenvalue weighted by Gasteiger charge is -2.22. The Hall–Kier alpha value is 0.210. The Labute approximate surface area is 72.9 Å². The molecule has 66 valence electrons. The molecule has 0 aromatic heterocycles. The largest absolute Gasteiger partial charge is 0.316 e. The van der Waals surface area contributed by atoms with Crippen LogP contribution in [0.25, 0.3) is 0 Å². The van der Waals surface area contributed by atoms with Crippen LogP contribution in [0.4, 0.5) is 0 Å². The van der Waals surface area contributed by atoms with Gasteiger partial charge in [0.1, 0.15) is 0 Å². The Kier molecular flexibility index (Phi) is 4.20. The molecule has 0 heterocycles. The van der Waals surface area contributed by atoms with E-state index in [-0.39, 0.29) is 11.4 Å². The molecule has 0 amide bonds. The molecule has 3 heteroatoms. The highest BCUT2D eigenvalue weighted by molar-refractivity contribution is 6.21. The van der Waals surface area contributed by atoms with Crippen LogP contribution in [0, 0.1) is 0 Å². The molecular weight excluding hydrogens is 162 g/mol. The monoisotopic (exact) mass is 177 g/mol.